The Balaban J connectivity index is 1.83. The zero-order valence-corrected chi connectivity index (χ0v) is 12.7. The van der Waals surface area contributed by atoms with E-state index >= 15 is 0 Å². The van der Waals surface area contributed by atoms with Gasteiger partial charge in [0.05, 0.1) is 0 Å². The Morgan fingerprint density at radius 1 is 0.864 bits per heavy atom. The highest BCUT2D eigenvalue weighted by Gasteiger charge is 2.31. The molecule has 0 radical (unpaired) electrons. The van der Waals surface area contributed by atoms with Gasteiger partial charge in [-0.3, -0.25) is 4.79 Å². The molecule has 2 aromatic carbocycles. The number of hydrogen-bond donors (Lipinski definition) is 0. The average molecular weight is 302 g/mol. The highest BCUT2D eigenvalue weighted by molar-refractivity contribution is 7.10. The zero-order valence-electron chi connectivity index (χ0n) is 11.9. The fourth-order valence-electron chi connectivity index (χ4n) is 3.04. The van der Waals surface area contributed by atoms with Crippen molar-refractivity contribution < 1.29 is 4.79 Å². The van der Waals surface area contributed by atoms with Gasteiger partial charge in [-0.25, -0.2) is 0 Å². The summed E-state index contributed by atoms with van der Waals surface area (Å²) in [6, 6.07) is 22.0. The molecule has 1 atom stereocenters. The molecular formula is C20H14OS. The molecule has 0 N–H and O–H groups in total. The highest BCUT2D eigenvalue weighted by Crippen LogP contribution is 2.43. The monoisotopic (exact) mass is 302 g/mol. The number of fused-ring (bicyclic) bond motifs is 1. The zero-order chi connectivity index (χ0) is 14.9. The SMILES string of the molecule is O=C(C1=Cc2ccccc2C1c1cccs1)c1ccccc1. The van der Waals surface area contributed by atoms with E-state index in [2.05, 4.69) is 29.7 Å². The fraction of sp³-hybridized carbons (Fsp3) is 0.0500. The van der Waals surface area contributed by atoms with E-state index in [-0.39, 0.29) is 11.7 Å². The lowest BCUT2D eigenvalue weighted by atomic mass is 9.89. The number of Topliss-reactive ketones (excluding diaryl/α,β-unsaturated/α-hetero) is 1. The van der Waals surface area contributed by atoms with Crippen LogP contribution in [0.2, 0.25) is 0 Å². The van der Waals surface area contributed by atoms with Gasteiger partial charge in [0, 0.05) is 21.9 Å². The molecule has 1 nitrogen and oxygen atoms in total. The van der Waals surface area contributed by atoms with Crippen LogP contribution in [-0.4, -0.2) is 5.78 Å². The Kier molecular flexibility index (Phi) is 3.24. The Labute approximate surface area is 133 Å². The third-order valence-corrected chi connectivity index (χ3v) is 4.99. The van der Waals surface area contributed by atoms with Crippen LogP contribution in [0.25, 0.3) is 6.08 Å². The predicted molar refractivity (Wildman–Crippen MR) is 91.4 cm³/mol. The molecule has 0 aliphatic heterocycles. The maximum absolute atomic E-state index is 13.0. The topological polar surface area (TPSA) is 17.1 Å². The molecule has 0 saturated heterocycles. The first-order chi connectivity index (χ1) is 10.8. The average Bonchev–Trinajstić information content (AvgIpc) is 3.21. The van der Waals surface area contributed by atoms with Gasteiger partial charge in [-0.2, -0.15) is 0 Å². The Morgan fingerprint density at radius 2 is 1.64 bits per heavy atom. The molecular weight excluding hydrogens is 288 g/mol. The van der Waals surface area contributed by atoms with Crippen molar-refractivity contribution in [1.82, 2.24) is 0 Å². The van der Waals surface area contributed by atoms with Crippen molar-refractivity contribution in [2.45, 2.75) is 5.92 Å². The van der Waals surface area contributed by atoms with E-state index in [0.29, 0.717) is 0 Å². The van der Waals surface area contributed by atoms with E-state index in [0.717, 1.165) is 16.7 Å². The number of benzene rings is 2. The minimum absolute atomic E-state index is 0.0592. The van der Waals surface area contributed by atoms with E-state index in [1.54, 1.807) is 11.3 Å². The molecule has 0 fully saturated rings. The fourth-order valence-corrected chi connectivity index (χ4v) is 3.90. The van der Waals surface area contributed by atoms with Crippen LogP contribution in [0, 0.1) is 0 Å². The molecule has 0 amide bonds. The van der Waals surface area contributed by atoms with E-state index < -0.39 is 0 Å². The van der Waals surface area contributed by atoms with Crippen LogP contribution >= 0.6 is 11.3 Å². The number of rotatable bonds is 3. The van der Waals surface area contributed by atoms with Crippen LogP contribution in [0.3, 0.4) is 0 Å². The van der Waals surface area contributed by atoms with Gasteiger partial charge >= 0.3 is 0 Å². The molecule has 1 heterocycles. The molecule has 1 aromatic heterocycles. The van der Waals surface area contributed by atoms with Gasteiger partial charge in [0.15, 0.2) is 5.78 Å². The van der Waals surface area contributed by atoms with Crippen LogP contribution in [0.4, 0.5) is 0 Å². The van der Waals surface area contributed by atoms with Crippen molar-refractivity contribution in [2.24, 2.45) is 0 Å². The normalized spacial score (nSPS) is 16.2. The predicted octanol–water partition coefficient (Wildman–Crippen LogP) is 5.16. The van der Waals surface area contributed by atoms with Crippen molar-refractivity contribution in [3.8, 4) is 0 Å². The molecule has 1 unspecified atom stereocenters. The summed E-state index contributed by atoms with van der Waals surface area (Å²) < 4.78 is 0. The first-order valence-electron chi connectivity index (χ1n) is 7.28. The maximum Gasteiger partial charge on any atom is 0.190 e. The lowest BCUT2D eigenvalue weighted by Gasteiger charge is -2.14. The Hall–Kier alpha value is -2.45. The van der Waals surface area contributed by atoms with Crippen molar-refractivity contribution >= 4 is 23.2 Å². The van der Waals surface area contributed by atoms with Crippen LogP contribution in [-0.2, 0) is 0 Å². The summed E-state index contributed by atoms with van der Waals surface area (Å²) in [5.41, 5.74) is 4.00. The van der Waals surface area contributed by atoms with Gasteiger partial charge in [-0.05, 0) is 28.6 Å². The molecule has 1 aliphatic rings. The van der Waals surface area contributed by atoms with Crippen molar-refractivity contribution in [1.29, 1.82) is 0 Å². The van der Waals surface area contributed by atoms with E-state index in [4.69, 9.17) is 0 Å². The second-order valence-corrected chi connectivity index (χ2v) is 6.35. The summed E-state index contributed by atoms with van der Waals surface area (Å²) in [6.45, 7) is 0. The summed E-state index contributed by atoms with van der Waals surface area (Å²) in [5.74, 6) is 0.180. The molecule has 0 spiro atoms. The number of carbonyl (C=O) groups is 1. The molecule has 22 heavy (non-hydrogen) atoms. The molecule has 3 aromatic rings. The van der Waals surface area contributed by atoms with Gasteiger partial charge in [-0.15, -0.1) is 11.3 Å². The van der Waals surface area contributed by atoms with E-state index in [1.807, 2.05) is 48.5 Å². The second-order valence-electron chi connectivity index (χ2n) is 5.37. The van der Waals surface area contributed by atoms with Crippen LogP contribution in [0.5, 0.6) is 0 Å². The molecule has 106 valence electrons. The van der Waals surface area contributed by atoms with E-state index in [9.17, 15) is 4.79 Å². The first-order valence-corrected chi connectivity index (χ1v) is 8.16. The molecule has 0 saturated carbocycles. The lowest BCUT2D eigenvalue weighted by Crippen LogP contribution is -2.09. The minimum atomic E-state index is 0.0592. The second kappa shape index (κ2) is 5.39. The number of thiophene rings is 1. The summed E-state index contributed by atoms with van der Waals surface area (Å²) >= 11 is 1.71. The number of carbonyl (C=O) groups excluding carboxylic acids is 1. The Bertz CT molecular complexity index is 844. The van der Waals surface area contributed by atoms with Crippen LogP contribution in [0.1, 0.15) is 32.3 Å². The first kappa shape index (κ1) is 13.2. The number of allylic oxidation sites excluding steroid dienone is 1. The Morgan fingerprint density at radius 3 is 2.41 bits per heavy atom. The standard InChI is InChI=1S/C20H14OS/c21-20(14-7-2-1-3-8-14)17-13-15-9-4-5-10-16(15)19(17)18-11-6-12-22-18/h1-13,19H. The van der Waals surface area contributed by atoms with Gasteiger partial charge in [0.2, 0.25) is 0 Å². The van der Waals surface area contributed by atoms with Crippen LogP contribution in [0.15, 0.2) is 77.7 Å². The van der Waals surface area contributed by atoms with Crippen molar-refractivity contribution in [3.05, 3.63) is 99.3 Å². The van der Waals surface area contributed by atoms with Crippen molar-refractivity contribution in [2.75, 3.05) is 0 Å². The smallest absolute Gasteiger partial charge is 0.190 e. The van der Waals surface area contributed by atoms with Crippen LogP contribution < -0.4 is 0 Å². The largest absolute Gasteiger partial charge is 0.289 e. The maximum atomic E-state index is 13.0. The summed E-state index contributed by atoms with van der Waals surface area (Å²) in [6.07, 6.45) is 2.05. The minimum Gasteiger partial charge on any atom is -0.289 e. The molecule has 2 heteroatoms. The molecule has 0 bridgehead atoms. The van der Waals surface area contributed by atoms with Gasteiger partial charge in [0.25, 0.3) is 0 Å². The molecule has 4 rings (SSSR count). The molecule has 1 aliphatic carbocycles. The number of hydrogen-bond acceptors (Lipinski definition) is 2. The third kappa shape index (κ3) is 2.13. The van der Waals surface area contributed by atoms with E-state index in [1.165, 1.54) is 10.4 Å². The van der Waals surface area contributed by atoms with Gasteiger partial charge < -0.3 is 0 Å². The van der Waals surface area contributed by atoms with Crippen molar-refractivity contribution in [3.63, 3.8) is 0 Å². The highest BCUT2D eigenvalue weighted by atomic mass is 32.1. The van der Waals surface area contributed by atoms with Gasteiger partial charge in [0.1, 0.15) is 0 Å². The summed E-state index contributed by atoms with van der Waals surface area (Å²) in [7, 11) is 0. The summed E-state index contributed by atoms with van der Waals surface area (Å²) in [5, 5.41) is 2.07. The quantitative estimate of drug-likeness (QED) is 0.611. The van der Waals surface area contributed by atoms with Gasteiger partial charge in [-0.1, -0.05) is 60.7 Å². The third-order valence-electron chi connectivity index (χ3n) is 4.05. The summed E-state index contributed by atoms with van der Waals surface area (Å²) in [4.78, 5) is 14.2. The lowest BCUT2D eigenvalue weighted by molar-refractivity contribution is 0.103. The number of ketones is 1.